The number of para-hydroxylation sites is 2. The first-order valence-corrected chi connectivity index (χ1v) is 8.04. The highest BCUT2D eigenvalue weighted by Gasteiger charge is 2.23. The summed E-state index contributed by atoms with van der Waals surface area (Å²) >= 11 is 0. The summed E-state index contributed by atoms with van der Waals surface area (Å²) in [5, 5.41) is 13.1. The normalized spacial score (nSPS) is 23.0. The highest BCUT2D eigenvalue weighted by molar-refractivity contribution is 5.79. The first-order chi connectivity index (χ1) is 10.7. The Morgan fingerprint density at radius 3 is 2.82 bits per heavy atom. The number of amides is 1. The van der Waals surface area contributed by atoms with E-state index in [0.29, 0.717) is 11.5 Å². The van der Waals surface area contributed by atoms with Gasteiger partial charge in [0.05, 0.1) is 12.1 Å². The molecular formula is C17H22N2O3. The Labute approximate surface area is 129 Å². The molecule has 2 N–H and O–H groups in total. The predicted molar refractivity (Wildman–Crippen MR) is 83.4 cm³/mol. The highest BCUT2D eigenvalue weighted by atomic mass is 16.3. The lowest BCUT2D eigenvalue weighted by Crippen LogP contribution is -2.44. The molecule has 5 heteroatoms. The topological polar surface area (TPSA) is 75.4 Å². The molecule has 0 unspecified atom stereocenters. The lowest BCUT2D eigenvalue weighted by atomic mass is 9.94. The molecule has 1 aromatic carbocycles. The molecule has 0 saturated heterocycles. The maximum atomic E-state index is 12.2. The predicted octanol–water partition coefficient (Wildman–Crippen LogP) is 2.57. The van der Waals surface area contributed by atoms with Crippen LogP contribution in [0.2, 0.25) is 0 Å². The fraction of sp³-hybridized carbons (Fsp3) is 0.529. The molecular weight excluding hydrogens is 280 g/mol. The zero-order valence-electron chi connectivity index (χ0n) is 12.6. The third kappa shape index (κ3) is 3.65. The number of oxazole rings is 1. The lowest BCUT2D eigenvalue weighted by Gasteiger charge is -2.26. The second kappa shape index (κ2) is 6.92. The van der Waals surface area contributed by atoms with Crippen molar-refractivity contribution in [1.29, 1.82) is 0 Å². The molecule has 22 heavy (non-hydrogen) atoms. The minimum Gasteiger partial charge on any atom is -0.440 e. The average molecular weight is 302 g/mol. The molecule has 2 aromatic rings. The minimum atomic E-state index is -0.451. The number of carbonyl (C=O) groups is 1. The third-order valence-corrected chi connectivity index (χ3v) is 4.23. The van der Waals surface area contributed by atoms with Gasteiger partial charge in [0, 0.05) is 0 Å². The Balaban J connectivity index is 1.61. The molecule has 1 heterocycles. The Kier molecular flexibility index (Phi) is 4.73. The Morgan fingerprint density at radius 2 is 2.00 bits per heavy atom. The standard InChI is InChI=1S/C17H22N2O3/c20-14-9-4-2-1-3-7-12(14)18-16(21)11-17-19-13-8-5-6-10-15(13)22-17/h5-6,8,10,12,14,20H,1-4,7,9,11H2,(H,18,21)/t12-,14-/m0/s1. The zero-order valence-corrected chi connectivity index (χ0v) is 12.6. The summed E-state index contributed by atoms with van der Waals surface area (Å²) in [5.41, 5.74) is 1.45. The molecule has 3 rings (SSSR count). The second-order valence-corrected chi connectivity index (χ2v) is 5.99. The molecule has 0 aliphatic heterocycles. The molecule has 1 aliphatic rings. The number of nitrogens with zero attached hydrogens (tertiary/aromatic N) is 1. The number of carbonyl (C=O) groups excluding carboxylic acids is 1. The second-order valence-electron chi connectivity index (χ2n) is 5.99. The molecule has 0 bridgehead atoms. The smallest absolute Gasteiger partial charge is 0.229 e. The zero-order chi connectivity index (χ0) is 15.4. The number of fused-ring (bicyclic) bond motifs is 1. The molecule has 1 amide bonds. The van der Waals surface area contributed by atoms with E-state index in [4.69, 9.17) is 4.42 Å². The molecule has 0 spiro atoms. The van der Waals surface area contributed by atoms with Crippen molar-refractivity contribution in [3.63, 3.8) is 0 Å². The van der Waals surface area contributed by atoms with Crippen LogP contribution in [0, 0.1) is 0 Å². The van der Waals surface area contributed by atoms with E-state index >= 15 is 0 Å². The number of rotatable bonds is 3. The van der Waals surface area contributed by atoms with Crippen LogP contribution in [-0.4, -0.2) is 28.1 Å². The van der Waals surface area contributed by atoms with Crippen LogP contribution in [0.15, 0.2) is 28.7 Å². The fourth-order valence-corrected chi connectivity index (χ4v) is 3.02. The van der Waals surface area contributed by atoms with Crippen LogP contribution in [0.1, 0.15) is 44.4 Å². The van der Waals surface area contributed by atoms with Gasteiger partial charge in [-0.3, -0.25) is 4.79 Å². The van der Waals surface area contributed by atoms with Crippen molar-refractivity contribution in [3.8, 4) is 0 Å². The van der Waals surface area contributed by atoms with E-state index in [1.807, 2.05) is 24.3 Å². The lowest BCUT2D eigenvalue weighted by molar-refractivity contribution is -0.122. The van der Waals surface area contributed by atoms with Crippen molar-refractivity contribution in [3.05, 3.63) is 30.2 Å². The van der Waals surface area contributed by atoms with Gasteiger partial charge in [-0.1, -0.05) is 37.8 Å². The summed E-state index contributed by atoms with van der Waals surface area (Å²) in [6, 6.07) is 7.31. The van der Waals surface area contributed by atoms with Gasteiger partial charge in [-0.05, 0) is 25.0 Å². The number of aliphatic hydroxyl groups excluding tert-OH is 1. The summed E-state index contributed by atoms with van der Waals surface area (Å²) in [7, 11) is 0. The molecule has 1 fully saturated rings. The molecule has 1 aromatic heterocycles. The maximum Gasteiger partial charge on any atom is 0.229 e. The van der Waals surface area contributed by atoms with Crippen LogP contribution < -0.4 is 5.32 Å². The van der Waals surface area contributed by atoms with Crippen LogP contribution in [0.4, 0.5) is 0 Å². The number of hydrogen-bond acceptors (Lipinski definition) is 4. The molecule has 1 saturated carbocycles. The SMILES string of the molecule is O=C(Cc1nc2ccccc2o1)N[C@H]1CCCCCC[C@@H]1O. The van der Waals surface area contributed by atoms with Crippen molar-refractivity contribution in [2.45, 2.75) is 57.1 Å². The van der Waals surface area contributed by atoms with Gasteiger partial charge >= 0.3 is 0 Å². The van der Waals surface area contributed by atoms with E-state index in [2.05, 4.69) is 10.3 Å². The van der Waals surface area contributed by atoms with Crippen LogP contribution in [-0.2, 0) is 11.2 Å². The number of benzene rings is 1. The largest absolute Gasteiger partial charge is 0.440 e. The summed E-state index contributed by atoms with van der Waals surface area (Å²) < 4.78 is 5.56. The summed E-state index contributed by atoms with van der Waals surface area (Å²) in [6.45, 7) is 0. The molecule has 0 radical (unpaired) electrons. The van der Waals surface area contributed by atoms with E-state index in [9.17, 15) is 9.90 Å². The number of aliphatic hydroxyl groups is 1. The van der Waals surface area contributed by atoms with Gasteiger partial charge in [0.15, 0.2) is 5.58 Å². The van der Waals surface area contributed by atoms with E-state index in [0.717, 1.165) is 31.2 Å². The van der Waals surface area contributed by atoms with E-state index in [-0.39, 0.29) is 18.4 Å². The fourth-order valence-electron chi connectivity index (χ4n) is 3.02. The van der Waals surface area contributed by atoms with Crippen molar-refractivity contribution in [2.75, 3.05) is 0 Å². The Bertz CT molecular complexity index is 605. The number of hydrogen-bond donors (Lipinski definition) is 2. The average Bonchev–Trinajstić information content (AvgIpc) is 2.89. The van der Waals surface area contributed by atoms with E-state index < -0.39 is 6.10 Å². The highest BCUT2D eigenvalue weighted by Crippen LogP contribution is 2.18. The van der Waals surface area contributed by atoms with Crippen LogP contribution in [0.25, 0.3) is 11.1 Å². The van der Waals surface area contributed by atoms with Crippen molar-refractivity contribution >= 4 is 17.0 Å². The van der Waals surface area contributed by atoms with Gasteiger partial charge in [0.1, 0.15) is 11.9 Å². The van der Waals surface area contributed by atoms with Crippen molar-refractivity contribution in [2.24, 2.45) is 0 Å². The van der Waals surface area contributed by atoms with Gasteiger partial charge in [-0.2, -0.15) is 0 Å². The third-order valence-electron chi connectivity index (χ3n) is 4.23. The van der Waals surface area contributed by atoms with Crippen LogP contribution in [0.3, 0.4) is 0 Å². The van der Waals surface area contributed by atoms with Crippen LogP contribution in [0.5, 0.6) is 0 Å². The monoisotopic (exact) mass is 302 g/mol. The molecule has 5 nitrogen and oxygen atoms in total. The maximum absolute atomic E-state index is 12.2. The van der Waals surface area contributed by atoms with Gasteiger partial charge in [0.25, 0.3) is 0 Å². The van der Waals surface area contributed by atoms with Crippen molar-refractivity contribution in [1.82, 2.24) is 10.3 Å². The van der Waals surface area contributed by atoms with E-state index in [1.165, 1.54) is 12.8 Å². The molecule has 118 valence electrons. The quantitative estimate of drug-likeness (QED) is 0.913. The first-order valence-electron chi connectivity index (χ1n) is 8.04. The Morgan fingerprint density at radius 1 is 1.23 bits per heavy atom. The molecule has 2 atom stereocenters. The Hall–Kier alpha value is -1.88. The van der Waals surface area contributed by atoms with Gasteiger partial charge in [-0.25, -0.2) is 4.98 Å². The van der Waals surface area contributed by atoms with Gasteiger partial charge < -0.3 is 14.8 Å². The van der Waals surface area contributed by atoms with E-state index in [1.54, 1.807) is 0 Å². The first kappa shape index (κ1) is 15.0. The minimum absolute atomic E-state index is 0.109. The summed E-state index contributed by atoms with van der Waals surface area (Å²) in [4.78, 5) is 16.5. The van der Waals surface area contributed by atoms with Crippen molar-refractivity contribution < 1.29 is 14.3 Å². The van der Waals surface area contributed by atoms with Crippen LogP contribution >= 0.6 is 0 Å². The van der Waals surface area contributed by atoms with Gasteiger partial charge in [0.2, 0.25) is 11.8 Å². The van der Waals surface area contributed by atoms with Gasteiger partial charge in [-0.15, -0.1) is 0 Å². The summed E-state index contributed by atoms with van der Waals surface area (Å²) in [6.07, 6.45) is 5.66. The number of nitrogens with one attached hydrogen (secondary N) is 1. The summed E-state index contributed by atoms with van der Waals surface area (Å²) in [5.74, 6) is 0.273. The molecule has 1 aliphatic carbocycles. The number of aromatic nitrogens is 1.